The number of hydrogen-bond donors (Lipinski definition) is 1. The molecule has 0 saturated carbocycles. The molecule has 0 saturated heterocycles. The van der Waals surface area contributed by atoms with Gasteiger partial charge in [-0.25, -0.2) is 0 Å². The molecule has 238 valence electrons. The molecular formula is C41H56O3. The van der Waals surface area contributed by atoms with Gasteiger partial charge in [0.1, 0.15) is 6.29 Å². The summed E-state index contributed by atoms with van der Waals surface area (Å²) >= 11 is 0. The molecule has 1 aliphatic rings. The minimum absolute atomic E-state index is 0.00736. The van der Waals surface area contributed by atoms with Crippen LogP contribution < -0.4 is 0 Å². The van der Waals surface area contributed by atoms with Crippen LogP contribution in [0, 0.1) is 5.41 Å². The van der Waals surface area contributed by atoms with Crippen LogP contribution in [-0.4, -0.2) is 30.2 Å². The van der Waals surface area contributed by atoms with Gasteiger partial charge in [0, 0.05) is 12.7 Å². The Morgan fingerprint density at radius 1 is 0.818 bits per heavy atom. The van der Waals surface area contributed by atoms with Gasteiger partial charge in [-0.15, -0.1) is 0 Å². The molecule has 0 heterocycles. The molecule has 0 spiro atoms. The van der Waals surface area contributed by atoms with Crippen molar-refractivity contribution >= 4 is 6.29 Å². The van der Waals surface area contributed by atoms with Crippen LogP contribution in [0.25, 0.3) is 0 Å². The summed E-state index contributed by atoms with van der Waals surface area (Å²) in [5, 5.41) is 10.1. The van der Waals surface area contributed by atoms with Crippen molar-refractivity contribution in [3.8, 4) is 0 Å². The van der Waals surface area contributed by atoms with Crippen LogP contribution in [0.2, 0.25) is 0 Å². The lowest BCUT2D eigenvalue weighted by molar-refractivity contribution is -0.104. The number of carbonyl (C=O) groups is 1. The fourth-order valence-corrected chi connectivity index (χ4v) is 4.75. The highest BCUT2D eigenvalue weighted by Gasteiger charge is 2.31. The Hall–Kier alpha value is -3.53. The van der Waals surface area contributed by atoms with E-state index in [0.717, 1.165) is 42.3 Å². The second kappa shape index (κ2) is 19.7. The number of allylic oxidation sites excluding steroid dienone is 22. The highest BCUT2D eigenvalue weighted by atomic mass is 16.5. The molecule has 0 unspecified atom stereocenters. The van der Waals surface area contributed by atoms with E-state index in [9.17, 15) is 9.90 Å². The van der Waals surface area contributed by atoms with Gasteiger partial charge in [-0.05, 0) is 78.7 Å². The van der Waals surface area contributed by atoms with Gasteiger partial charge in [0.2, 0.25) is 0 Å². The van der Waals surface area contributed by atoms with Crippen LogP contribution in [0.3, 0.4) is 0 Å². The molecule has 0 aliphatic heterocycles. The fraction of sp³-hybridized carbons (Fsp3) is 0.390. The van der Waals surface area contributed by atoms with E-state index in [1.807, 2.05) is 68.5 Å². The first kappa shape index (κ1) is 38.5. The minimum atomic E-state index is -0.237. The number of rotatable bonds is 15. The summed E-state index contributed by atoms with van der Waals surface area (Å²) < 4.78 is 5.43. The van der Waals surface area contributed by atoms with E-state index in [1.54, 1.807) is 7.11 Å². The first-order valence-corrected chi connectivity index (χ1v) is 15.5. The van der Waals surface area contributed by atoms with Crippen LogP contribution in [-0.2, 0) is 9.53 Å². The second-order valence-corrected chi connectivity index (χ2v) is 12.9. The molecule has 1 aliphatic carbocycles. The zero-order chi connectivity index (χ0) is 33.2. The molecule has 0 radical (unpaired) electrons. The van der Waals surface area contributed by atoms with E-state index in [2.05, 4.69) is 97.1 Å². The van der Waals surface area contributed by atoms with Crippen molar-refractivity contribution in [2.45, 2.75) is 93.3 Å². The Morgan fingerprint density at radius 2 is 1.32 bits per heavy atom. The van der Waals surface area contributed by atoms with E-state index in [-0.39, 0.29) is 17.1 Å². The lowest BCUT2D eigenvalue weighted by atomic mass is 9.71. The van der Waals surface area contributed by atoms with Gasteiger partial charge >= 0.3 is 0 Å². The summed E-state index contributed by atoms with van der Waals surface area (Å²) in [6.07, 6.45) is 37.3. The molecule has 0 aromatic rings. The first-order valence-electron chi connectivity index (χ1n) is 15.5. The van der Waals surface area contributed by atoms with Crippen LogP contribution in [0.1, 0.15) is 81.6 Å². The van der Waals surface area contributed by atoms with Gasteiger partial charge in [0.15, 0.2) is 0 Å². The number of aldehydes is 1. The molecule has 44 heavy (non-hydrogen) atoms. The Bertz CT molecular complexity index is 1320. The van der Waals surface area contributed by atoms with Crippen LogP contribution in [0.4, 0.5) is 0 Å². The zero-order valence-electron chi connectivity index (χ0n) is 28.9. The highest BCUT2D eigenvalue weighted by Crippen LogP contribution is 2.41. The number of aliphatic hydroxyl groups excluding tert-OH is 1. The first-order chi connectivity index (χ1) is 20.7. The summed E-state index contributed by atoms with van der Waals surface area (Å²) in [7, 11) is 1.72. The normalized spacial score (nSPS) is 20.2. The molecule has 3 nitrogen and oxygen atoms in total. The molecule has 0 aromatic carbocycles. The molecule has 0 bridgehead atoms. The average molecular weight is 597 g/mol. The lowest BCUT2D eigenvalue weighted by Gasteiger charge is -2.35. The Balaban J connectivity index is 2.67. The summed E-state index contributed by atoms with van der Waals surface area (Å²) in [5.74, 6) is 0. The van der Waals surface area contributed by atoms with Gasteiger partial charge in [-0.1, -0.05) is 145 Å². The van der Waals surface area contributed by atoms with Crippen molar-refractivity contribution in [1.82, 2.24) is 0 Å². The van der Waals surface area contributed by atoms with Crippen molar-refractivity contribution in [3.63, 3.8) is 0 Å². The summed E-state index contributed by atoms with van der Waals surface area (Å²) in [6.45, 7) is 18.9. The highest BCUT2D eigenvalue weighted by molar-refractivity contribution is 5.78. The summed E-state index contributed by atoms with van der Waals surface area (Å²) in [6, 6.07) is 0. The van der Waals surface area contributed by atoms with Crippen molar-refractivity contribution < 1.29 is 14.6 Å². The predicted molar refractivity (Wildman–Crippen MR) is 191 cm³/mol. The average Bonchev–Trinajstić information content (AvgIpc) is 2.93. The van der Waals surface area contributed by atoms with Crippen molar-refractivity contribution in [2.75, 3.05) is 7.11 Å². The standard InChI is InChI=1S/C41H56O3/c1-32(19-13-20-35(4)26-27-39-36(5)29-38(43)30-40(39,6)7)17-11-12-18-33(2)21-14-24-37(31-42)25-15-22-34(3)23-16-28-41(8,9)44-10/h11-27,31,38,43H,28-30H2,1-10H3/b12-11+,19-13+,21-14+,23-16+,25-15-,27-26+,32-17+,33-18+,34-22+,35-20+,37-24+/t38-/m1/s1. The summed E-state index contributed by atoms with van der Waals surface area (Å²) in [4.78, 5) is 11.4. The van der Waals surface area contributed by atoms with Gasteiger partial charge < -0.3 is 9.84 Å². The van der Waals surface area contributed by atoms with Gasteiger partial charge in [0.05, 0.1) is 11.7 Å². The Labute approximate surface area is 268 Å². The smallest absolute Gasteiger partial charge is 0.150 e. The largest absolute Gasteiger partial charge is 0.393 e. The second-order valence-electron chi connectivity index (χ2n) is 12.9. The molecule has 3 heteroatoms. The van der Waals surface area contributed by atoms with Gasteiger partial charge in [-0.3, -0.25) is 4.79 Å². The minimum Gasteiger partial charge on any atom is -0.393 e. The van der Waals surface area contributed by atoms with E-state index in [4.69, 9.17) is 4.74 Å². The molecule has 0 fully saturated rings. The monoisotopic (exact) mass is 596 g/mol. The van der Waals surface area contributed by atoms with Gasteiger partial charge in [-0.2, -0.15) is 0 Å². The van der Waals surface area contributed by atoms with E-state index >= 15 is 0 Å². The van der Waals surface area contributed by atoms with E-state index < -0.39 is 0 Å². The van der Waals surface area contributed by atoms with Crippen molar-refractivity contribution in [1.29, 1.82) is 0 Å². The Kier molecular flexibility index (Phi) is 17.2. The number of hydrogen-bond acceptors (Lipinski definition) is 3. The topological polar surface area (TPSA) is 46.5 Å². The summed E-state index contributed by atoms with van der Waals surface area (Å²) in [5.41, 5.74) is 7.56. The third-order valence-corrected chi connectivity index (χ3v) is 7.51. The molecule has 0 amide bonds. The number of ether oxygens (including phenoxy) is 1. The number of aliphatic hydroxyl groups is 1. The van der Waals surface area contributed by atoms with E-state index in [0.29, 0.717) is 5.57 Å². The third kappa shape index (κ3) is 16.4. The lowest BCUT2D eigenvalue weighted by Crippen LogP contribution is -2.28. The Morgan fingerprint density at radius 3 is 1.86 bits per heavy atom. The van der Waals surface area contributed by atoms with Crippen LogP contribution in [0.15, 0.2) is 142 Å². The third-order valence-electron chi connectivity index (χ3n) is 7.51. The maximum Gasteiger partial charge on any atom is 0.150 e. The fourth-order valence-electron chi connectivity index (χ4n) is 4.75. The van der Waals surface area contributed by atoms with Crippen molar-refractivity contribution in [2.24, 2.45) is 5.41 Å². The van der Waals surface area contributed by atoms with Gasteiger partial charge in [0.25, 0.3) is 0 Å². The maximum absolute atomic E-state index is 11.4. The SMILES string of the molecule is COC(C)(C)C/C=C/C(C)=C/C=C\C(C=O)=C/C=C/C(C)=C/C=C/C=C(C)/C=C/C=C(C)/C=C/C1=C(C)C[C@@H](O)CC1(C)C. The van der Waals surface area contributed by atoms with Crippen molar-refractivity contribution in [3.05, 3.63) is 142 Å². The molecule has 1 N–H and O–H groups in total. The molecule has 0 aromatic heterocycles. The molecule has 1 rings (SSSR count). The number of methoxy groups -OCH3 is 1. The maximum atomic E-state index is 11.4. The molecular weight excluding hydrogens is 540 g/mol. The molecule has 1 atom stereocenters. The number of carbonyl (C=O) groups excluding carboxylic acids is 1. The zero-order valence-corrected chi connectivity index (χ0v) is 28.9. The van der Waals surface area contributed by atoms with Crippen LogP contribution >= 0.6 is 0 Å². The quantitative estimate of drug-likeness (QED) is 0.116. The predicted octanol–water partition coefficient (Wildman–Crippen LogP) is 10.5. The van der Waals surface area contributed by atoms with E-state index in [1.165, 1.54) is 16.7 Å². The van der Waals surface area contributed by atoms with Crippen LogP contribution in [0.5, 0.6) is 0 Å².